The van der Waals surface area contributed by atoms with Crippen LogP contribution in [0.25, 0.3) is 0 Å². The van der Waals surface area contributed by atoms with Gasteiger partial charge in [-0.1, -0.05) is 4.48 Å². The van der Waals surface area contributed by atoms with E-state index in [-0.39, 0.29) is 11.4 Å². The SMILES string of the molecule is COC[C@H]1OC(n2c(=O)ccn(F)c2=O)[C@@H](O)[C@@H]1O. The first kappa shape index (κ1) is 13.9. The Balaban J connectivity index is 2.41. The second kappa shape index (κ2) is 5.21. The molecule has 2 N–H and O–H groups in total. The van der Waals surface area contributed by atoms with Crippen molar-refractivity contribution in [2.24, 2.45) is 0 Å². The van der Waals surface area contributed by atoms with Gasteiger partial charge in [-0.3, -0.25) is 4.79 Å². The third-order valence-electron chi connectivity index (χ3n) is 2.90. The summed E-state index contributed by atoms with van der Waals surface area (Å²) in [6.45, 7) is -0.0415. The molecular formula is C10H13FN2O6. The van der Waals surface area contributed by atoms with Crippen molar-refractivity contribution in [1.29, 1.82) is 0 Å². The monoisotopic (exact) mass is 276 g/mol. The Morgan fingerprint density at radius 3 is 2.74 bits per heavy atom. The van der Waals surface area contributed by atoms with Crippen molar-refractivity contribution in [2.45, 2.75) is 24.5 Å². The van der Waals surface area contributed by atoms with Crippen LogP contribution >= 0.6 is 0 Å². The molecule has 19 heavy (non-hydrogen) atoms. The Kier molecular flexibility index (Phi) is 3.80. The minimum absolute atomic E-state index is 0.0415. The highest BCUT2D eigenvalue weighted by molar-refractivity contribution is 4.93. The third kappa shape index (κ3) is 2.32. The Labute approximate surface area is 106 Å². The van der Waals surface area contributed by atoms with Crippen molar-refractivity contribution in [1.82, 2.24) is 9.36 Å². The number of methoxy groups -OCH3 is 1. The number of ether oxygens (including phenoxy) is 2. The average molecular weight is 276 g/mol. The lowest BCUT2D eigenvalue weighted by Crippen LogP contribution is -2.43. The van der Waals surface area contributed by atoms with Crippen LogP contribution in [0.5, 0.6) is 0 Å². The molecule has 0 saturated carbocycles. The van der Waals surface area contributed by atoms with Crippen LogP contribution < -0.4 is 11.2 Å². The van der Waals surface area contributed by atoms with Gasteiger partial charge in [-0.2, -0.15) is 0 Å². The molecule has 0 aliphatic carbocycles. The number of hydrogen-bond donors (Lipinski definition) is 2. The van der Waals surface area contributed by atoms with Gasteiger partial charge in [0.25, 0.3) is 5.56 Å². The molecule has 0 amide bonds. The summed E-state index contributed by atoms with van der Waals surface area (Å²) >= 11 is 0. The molecule has 1 unspecified atom stereocenters. The van der Waals surface area contributed by atoms with E-state index in [0.29, 0.717) is 10.8 Å². The Bertz CT molecular complexity index is 570. The van der Waals surface area contributed by atoms with Crippen molar-refractivity contribution in [2.75, 3.05) is 13.7 Å². The summed E-state index contributed by atoms with van der Waals surface area (Å²) in [5.74, 6) is 0. The van der Waals surface area contributed by atoms with Gasteiger partial charge in [0.2, 0.25) is 0 Å². The minimum Gasteiger partial charge on any atom is -0.387 e. The summed E-state index contributed by atoms with van der Waals surface area (Å²) in [5, 5.41) is 19.5. The fraction of sp³-hybridized carbons (Fsp3) is 0.600. The van der Waals surface area contributed by atoms with E-state index < -0.39 is 35.8 Å². The van der Waals surface area contributed by atoms with Crippen LogP contribution in [0.3, 0.4) is 0 Å². The molecule has 0 bridgehead atoms. The van der Waals surface area contributed by atoms with E-state index in [4.69, 9.17) is 9.47 Å². The van der Waals surface area contributed by atoms with Gasteiger partial charge in [-0.05, 0) is 0 Å². The molecule has 0 spiro atoms. The van der Waals surface area contributed by atoms with Crippen LogP contribution in [0.2, 0.25) is 0 Å². The highest BCUT2D eigenvalue weighted by atomic mass is 19.2. The second-order valence-corrected chi connectivity index (χ2v) is 4.12. The van der Waals surface area contributed by atoms with Crippen molar-refractivity contribution in [3.05, 3.63) is 33.1 Å². The van der Waals surface area contributed by atoms with Gasteiger partial charge >= 0.3 is 5.69 Å². The molecular weight excluding hydrogens is 263 g/mol. The number of hydrogen-bond acceptors (Lipinski definition) is 6. The fourth-order valence-electron chi connectivity index (χ4n) is 1.95. The lowest BCUT2D eigenvalue weighted by molar-refractivity contribution is -0.0640. The summed E-state index contributed by atoms with van der Waals surface area (Å²) in [5.41, 5.74) is -2.13. The zero-order chi connectivity index (χ0) is 14.2. The van der Waals surface area contributed by atoms with Crippen LogP contribution in [0.1, 0.15) is 6.23 Å². The second-order valence-electron chi connectivity index (χ2n) is 4.12. The molecule has 4 atom stereocenters. The fourth-order valence-corrected chi connectivity index (χ4v) is 1.95. The predicted molar refractivity (Wildman–Crippen MR) is 59.3 cm³/mol. The highest BCUT2D eigenvalue weighted by Gasteiger charge is 2.44. The van der Waals surface area contributed by atoms with Crippen LogP contribution in [0.4, 0.5) is 4.48 Å². The minimum atomic E-state index is -1.53. The van der Waals surface area contributed by atoms with Gasteiger partial charge < -0.3 is 19.7 Å². The number of aliphatic hydroxyl groups excluding tert-OH is 2. The Morgan fingerprint density at radius 2 is 2.11 bits per heavy atom. The number of rotatable bonds is 3. The van der Waals surface area contributed by atoms with Gasteiger partial charge in [0.1, 0.15) is 18.3 Å². The molecule has 0 radical (unpaired) electrons. The topological polar surface area (TPSA) is 103 Å². The third-order valence-corrected chi connectivity index (χ3v) is 2.90. The number of aliphatic hydroxyl groups is 2. The first-order chi connectivity index (χ1) is 8.97. The molecule has 8 nitrogen and oxygen atoms in total. The van der Waals surface area contributed by atoms with Gasteiger partial charge in [-0.15, -0.1) is 4.79 Å². The van der Waals surface area contributed by atoms with Crippen molar-refractivity contribution >= 4 is 0 Å². The Hall–Kier alpha value is -1.55. The van der Waals surface area contributed by atoms with Gasteiger partial charge in [0, 0.05) is 19.4 Å². The van der Waals surface area contributed by atoms with E-state index in [1.54, 1.807) is 0 Å². The van der Waals surface area contributed by atoms with E-state index in [1.807, 2.05) is 0 Å². The first-order valence-electron chi connectivity index (χ1n) is 5.48. The van der Waals surface area contributed by atoms with E-state index in [0.717, 1.165) is 6.07 Å². The van der Waals surface area contributed by atoms with Crippen LogP contribution in [-0.4, -0.2) is 51.6 Å². The summed E-state index contributed by atoms with van der Waals surface area (Å²) < 4.78 is 23.5. The van der Waals surface area contributed by atoms with Gasteiger partial charge in [-0.25, -0.2) is 9.36 Å². The number of halogens is 1. The molecule has 2 rings (SSSR count). The molecule has 1 saturated heterocycles. The predicted octanol–water partition coefficient (Wildman–Crippen LogP) is -1.99. The van der Waals surface area contributed by atoms with Crippen LogP contribution in [0.15, 0.2) is 21.9 Å². The maximum Gasteiger partial charge on any atom is 0.361 e. The van der Waals surface area contributed by atoms with Crippen molar-refractivity contribution in [3.8, 4) is 0 Å². The molecule has 1 aromatic heterocycles. The van der Waals surface area contributed by atoms with E-state index in [2.05, 4.69) is 0 Å². The molecule has 1 fully saturated rings. The maximum absolute atomic E-state index is 13.1. The largest absolute Gasteiger partial charge is 0.387 e. The summed E-state index contributed by atoms with van der Waals surface area (Å²) in [4.78, 5) is 22.8. The zero-order valence-electron chi connectivity index (χ0n) is 9.97. The molecule has 1 aliphatic heterocycles. The number of aromatic nitrogens is 2. The zero-order valence-corrected chi connectivity index (χ0v) is 9.97. The first-order valence-corrected chi connectivity index (χ1v) is 5.48. The van der Waals surface area contributed by atoms with E-state index >= 15 is 0 Å². The average Bonchev–Trinajstić information content (AvgIpc) is 2.64. The van der Waals surface area contributed by atoms with Crippen LogP contribution in [-0.2, 0) is 9.47 Å². The van der Waals surface area contributed by atoms with E-state index in [9.17, 15) is 24.3 Å². The van der Waals surface area contributed by atoms with Crippen molar-refractivity contribution in [3.63, 3.8) is 0 Å². The van der Waals surface area contributed by atoms with Gasteiger partial charge in [0.15, 0.2) is 6.23 Å². The van der Waals surface area contributed by atoms with Crippen molar-refractivity contribution < 1.29 is 24.2 Å². The molecule has 1 aliphatic rings. The lowest BCUT2D eigenvalue weighted by atomic mass is 10.1. The molecule has 0 aromatic carbocycles. The molecule has 1 aromatic rings. The van der Waals surface area contributed by atoms with E-state index in [1.165, 1.54) is 7.11 Å². The highest BCUT2D eigenvalue weighted by Crippen LogP contribution is 2.27. The molecule has 2 heterocycles. The quantitative estimate of drug-likeness (QED) is 0.662. The molecule has 9 heteroatoms. The standard InChI is InChI=1S/C10H13FN2O6/c1-18-4-5-7(15)8(16)9(19-5)13-6(14)2-3-12(11)10(13)17/h2-3,5,7-9,15-16H,4H2,1H3/t5-,7-,8+,9?/m1/s1. The maximum atomic E-state index is 13.1. The normalized spacial score (nSPS) is 30.7. The summed E-state index contributed by atoms with van der Waals surface area (Å²) in [6.07, 6.45) is -4.59. The number of nitrogens with zero attached hydrogens (tertiary/aromatic N) is 2. The van der Waals surface area contributed by atoms with Gasteiger partial charge in [0.05, 0.1) is 6.61 Å². The molecule has 106 valence electrons. The lowest BCUT2D eigenvalue weighted by Gasteiger charge is -2.16. The summed E-state index contributed by atoms with van der Waals surface area (Å²) in [6, 6.07) is 0.813. The Morgan fingerprint density at radius 1 is 1.42 bits per heavy atom. The smallest absolute Gasteiger partial charge is 0.361 e. The van der Waals surface area contributed by atoms with Crippen LogP contribution in [0, 0.1) is 0 Å². The summed E-state index contributed by atoms with van der Waals surface area (Å²) in [7, 11) is 1.36.